The molecule has 0 radical (unpaired) electrons. The van der Waals surface area contributed by atoms with Crippen molar-refractivity contribution in [2.75, 3.05) is 11.9 Å². The molecule has 2 aromatic rings. The molecule has 1 amide bonds. The molecule has 2 atom stereocenters. The minimum Gasteiger partial charge on any atom is -0.403 e. The summed E-state index contributed by atoms with van der Waals surface area (Å²) in [6, 6.07) is 5.78. The molecule has 1 aromatic heterocycles. The molecule has 0 bridgehead atoms. The largest absolute Gasteiger partial charge is 0.403 e. The molecule has 1 N–H and O–H groups in total. The zero-order valence-electron chi connectivity index (χ0n) is 12.4. The lowest BCUT2D eigenvalue weighted by Crippen LogP contribution is -2.53. The number of rotatable bonds is 4. The van der Waals surface area contributed by atoms with E-state index in [-0.39, 0.29) is 29.7 Å². The van der Waals surface area contributed by atoms with Crippen LogP contribution in [0.4, 0.5) is 10.4 Å². The number of aromatic nitrogens is 2. The average Bonchev–Trinajstić information content (AvgIpc) is 2.94. The molecule has 1 fully saturated rings. The van der Waals surface area contributed by atoms with Crippen LogP contribution in [0.1, 0.15) is 20.3 Å². The van der Waals surface area contributed by atoms with Gasteiger partial charge in [0.2, 0.25) is 11.8 Å². The number of anilines is 1. The number of hydrogen-bond donors (Lipinski definition) is 1. The Kier molecular flexibility index (Phi) is 3.79. The highest BCUT2D eigenvalue weighted by molar-refractivity contribution is 5.84. The second kappa shape index (κ2) is 5.75. The van der Waals surface area contributed by atoms with E-state index in [0.717, 1.165) is 13.0 Å². The highest BCUT2D eigenvalue weighted by Gasteiger charge is 2.31. The van der Waals surface area contributed by atoms with Crippen LogP contribution in [0.3, 0.4) is 0 Å². The van der Waals surface area contributed by atoms with Crippen LogP contribution in [-0.4, -0.2) is 39.6 Å². The molecule has 7 heteroatoms. The fraction of sp³-hybridized carbons (Fsp3) is 0.400. The van der Waals surface area contributed by atoms with Gasteiger partial charge in [-0.3, -0.25) is 4.79 Å². The van der Waals surface area contributed by atoms with Gasteiger partial charge in [-0.25, -0.2) is 4.39 Å². The highest BCUT2D eigenvalue weighted by atomic mass is 19.1. The number of nitrogens with one attached hydrogen (secondary N) is 1. The fourth-order valence-corrected chi connectivity index (χ4v) is 2.33. The van der Waals surface area contributed by atoms with E-state index in [1.807, 2.05) is 11.8 Å². The van der Waals surface area contributed by atoms with Crippen LogP contribution in [0.15, 0.2) is 28.7 Å². The van der Waals surface area contributed by atoms with E-state index in [4.69, 9.17) is 4.42 Å². The van der Waals surface area contributed by atoms with Gasteiger partial charge >= 0.3 is 6.01 Å². The Labute approximate surface area is 127 Å². The van der Waals surface area contributed by atoms with Gasteiger partial charge in [0.05, 0.1) is 0 Å². The number of carbonyl (C=O) groups is 1. The van der Waals surface area contributed by atoms with Gasteiger partial charge in [-0.1, -0.05) is 5.10 Å². The maximum absolute atomic E-state index is 12.9. The zero-order valence-corrected chi connectivity index (χ0v) is 12.4. The number of likely N-dealkylation sites (tertiary alicyclic amines) is 1. The fourth-order valence-electron chi connectivity index (χ4n) is 2.33. The van der Waals surface area contributed by atoms with Crippen molar-refractivity contribution >= 4 is 11.9 Å². The Bertz CT molecular complexity index is 670. The first-order valence-electron chi connectivity index (χ1n) is 7.21. The van der Waals surface area contributed by atoms with E-state index in [9.17, 15) is 9.18 Å². The third kappa shape index (κ3) is 2.79. The normalized spacial score (nSPS) is 18.7. The quantitative estimate of drug-likeness (QED) is 0.938. The van der Waals surface area contributed by atoms with E-state index < -0.39 is 6.04 Å². The number of amides is 1. The maximum atomic E-state index is 12.9. The van der Waals surface area contributed by atoms with Gasteiger partial charge < -0.3 is 14.6 Å². The minimum atomic E-state index is -0.440. The summed E-state index contributed by atoms with van der Waals surface area (Å²) in [4.78, 5) is 14.0. The lowest BCUT2D eigenvalue weighted by atomic mass is 10.0. The van der Waals surface area contributed by atoms with Gasteiger partial charge in [0.15, 0.2) is 0 Å². The smallest absolute Gasteiger partial charge is 0.316 e. The lowest BCUT2D eigenvalue weighted by molar-refractivity contribution is -0.138. The van der Waals surface area contributed by atoms with Crippen LogP contribution >= 0.6 is 0 Å². The number of nitrogens with zero attached hydrogens (tertiary/aromatic N) is 3. The SMILES string of the molecule is CC1CCN1C(=O)[C@@H](C)Nc1nnc(-c2ccc(F)cc2)o1. The van der Waals surface area contributed by atoms with Gasteiger partial charge in [0.25, 0.3) is 0 Å². The van der Waals surface area contributed by atoms with Crippen LogP contribution in [-0.2, 0) is 4.79 Å². The molecule has 2 heterocycles. The lowest BCUT2D eigenvalue weighted by Gasteiger charge is -2.40. The molecule has 6 nitrogen and oxygen atoms in total. The van der Waals surface area contributed by atoms with E-state index in [2.05, 4.69) is 15.5 Å². The molecule has 1 aliphatic rings. The zero-order chi connectivity index (χ0) is 15.7. The first-order valence-corrected chi connectivity index (χ1v) is 7.21. The molecular weight excluding hydrogens is 287 g/mol. The second-order valence-electron chi connectivity index (χ2n) is 5.45. The van der Waals surface area contributed by atoms with Crippen LogP contribution < -0.4 is 5.32 Å². The van der Waals surface area contributed by atoms with Crippen LogP contribution in [0, 0.1) is 5.82 Å². The standard InChI is InChI=1S/C15H17FN4O2/c1-9-7-8-20(9)14(21)10(2)17-15-19-18-13(22-15)11-3-5-12(16)6-4-11/h3-6,9-10H,7-8H2,1-2H3,(H,17,19)/t9?,10-/m1/s1. The van der Waals surface area contributed by atoms with Crippen molar-refractivity contribution in [3.63, 3.8) is 0 Å². The van der Waals surface area contributed by atoms with Crippen molar-refractivity contribution in [1.29, 1.82) is 0 Å². The van der Waals surface area contributed by atoms with E-state index in [0.29, 0.717) is 5.56 Å². The van der Waals surface area contributed by atoms with Crippen LogP contribution in [0.5, 0.6) is 0 Å². The Morgan fingerprint density at radius 1 is 1.41 bits per heavy atom. The molecule has 1 aromatic carbocycles. The average molecular weight is 304 g/mol. The highest BCUT2D eigenvalue weighted by Crippen LogP contribution is 2.22. The summed E-state index contributed by atoms with van der Waals surface area (Å²) in [6.45, 7) is 4.57. The molecular formula is C15H17FN4O2. The number of hydrogen-bond acceptors (Lipinski definition) is 5. The summed E-state index contributed by atoms with van der Waals surface area (Å²) in [5.41, 5.74) is 0.622. The van der Waals surface area contributed by atoms with Gasteiger partial charge in [0.1, 0.15) is 11.9 Å². The third-order valence-electron chi connectivity index (χ3n) is 3.83. The predicted molar refractivity (Wildman–Crippen MR) is 78.6 cm³/mol. The number of benzene rings is 1. The topological polar surface area (TPSA) is 71.3 Å². The van der Waals surface area contributed by atoms with E-state index in [1.54, 1.807) is 19.1 Å². The van der Waals surface area contributed by atoms with Gasteiger partial charge in [-0.05, 0) is 44.5 Å². The molecule has 1 saturated heterocycles. The van der Waals surface area contributed by atoms with Crippen LogP contribution in [0.2, 0.25) is 0 Å². The summed E-state index contributed by atoms with van der Waals surface area (Å²) >= 11 is 0. The molecule has 22 heavy (non-hydrogen) atoms. The Morgan fingerprint density at radius 3 is 2.73 bits per heavy atom. The Morgan fingerprint density at radius 2 is 2.14 bits per heavy atom. The summed E-state index contributed by atoms with van der Waals surface area (Å²) in [6.07, 6.45) is 1.04. The van der Waals surface area contributed by atoms with E-state index >= 15 is 0 Å². The maximum Gasteiger partial charge on any atom is 0.316 e. The summed E-state index contributed by atoms with van der Waals surface area (Å²) in [5.74, 6) is -0.0377. The second-order valence-corrected chi connectivity index (χ2v) is 5.45. The van der Waals surface area contributed by atoms with Gasteiger partial charge in [-0.15, -0.1) is 5.10 Å². The Hall–Kier alpha value is -2.44. The third-order valence-corrected chi connectivity index (χ3v) is 3.83. The monoisotopic (exact) mass is 304 g/mol. The molecule has 3 rings (SSSR count). The number of carbonyl (C=O) groups excluding carboxylic acids is 1. The van der Waals surface area contributed by atoms with Crippen molar-refractivity contribution in [2.45, 2.75) is 32.4 Å². The van der Waals surface area contributed by atoms with E-state index in [1.165, 1.54) is 12.1 Å². The first kappa shape index (κ1) is 14.5. The Balaban J connectivity index is 1.66. The molecule has 0 saturated carbocycles. The summed E-state index contributed by atoms with van der Waals surface area (Å²) in [7, 11) is 0. The van der Waals surface area contributed by atoms with Crippen molar-refractivity contribution in [3.8, 4) is 11.5 Å². The minimum absolute atomic E-state index is 0.0142. The van der Waals surface area contributed by atoms with Gasteiger partial charge in [0, 0.05) is 18.2 Å². The predicted octanol–water partition coefficient (Wildman–Crippen LogP) is 2.30. The molecule has 1 aliphatic heterocycles. The van der Waals surface area contributed by atoms with Crippen molar-refractivity contribution in [1.82, 2.24) is 15.1 Å². The van der Waals surface area contributed by atoms with Crippen molar-refractivity contribution < 1.29 is 13.6 Å². The molecule has 116 valence electrons. The molecule has 0 aliphatic carbocycles. The van der Waals surface area contributed by atoms with Gasteiger partial charge in [-0.2, -0.15) is 0 Å². The van der Waals surface area contributed by atoms with Crippen molar-refractivity contribution in [2.24, 2.45) is 0 Å². The molecule has 1 unspecified atom stereocenters. The number of halogens is 1. The summed E-state index contributed by atoms with van der Waals surface area (Å²) in [5, 5.41) is 10.7. The summed E-state index contributed by atoms with van der Waals surface area (Å²) < 4.78 is 18.4. The first-order chi connectivity index (χ1) is 10.5. The van der Waals surface area contributed by atoms with Crippen LogP contribution in [0.25, 0.3) is 11.5 Å². The van der Waals surface area contributed by atoms with Crippen molar-refractivity contribution in [3.05, 3.63) is 30.1 Å². The molecule has 0 spiro atoms.